The minimum Gasteiger partial charge on any atom is -0.449 e. The second kappa shape index (κ2) is 12.0. The maximum Gasteiger partial charge on any atom is 0.409 e. The van der Waals surface area contributed by atoms with Crippen molar-refractivity contribution in [1.82, 2.24) is 20.2 Å². The van der Waals surface area contributed by atoms with Crippen molar-refractivity contribution in [1.29, 1.82) is 0 Å². The molecule has 0 unspecified atom stereocenters. The molecule has 0 radical (unpaired) electrons. The zero-order valence-corrected chi connectivity index (χ0v) is 20.1. The fourth-order valence-electron chi connectivity index (χ4n) is 2.70. The highest BCUT2D eigenvalue weighted by atomic mass is 32.1. The highest BCUT2D eigenvalue weighted by Gasteiger charge is 2.31. The Bertz CT molecular complexity index is 935. The molecule has 2 aromatic rings. The number of carbonyl (C=O) groups is 2. The average Bonchev–Trinajstić information content (AvgIpc) is 3.23. The molecule has 0 aliphatic carbocycles. The molecule has 3 N–H and O–H groups in total. The van der Waals surface area contributed by atoms with Gasteiger partial charge in [0.1, 0.15) is 11.5 Å². The number of rotatable bonds is 11. The van der Waals surface area contributed by atoms with Gasteiger partial charge in [0.25, 0.3) is 5.91 Å². The standard InChI is InChI=1S/C22H31FN4O5S/c1-14(2)11-32-21(31)27(13-22(3,4)20(29)30)9-7-18-26-17(12-33-18)19(28)25-10-16-15(23)6-5-8-24-16/h5-6,8,12,14,20,29-30H,7,9-11,13H2,1-4H3,(H,25,28). The van der Waals surface area contributed by atoms with E-state index in [1.807, 2.05) is 13.8 Å². The maximum atomic E-state index is 13.7. The predicted octanol–water partition coefficient (Wildman–Crippen LogP) is 2.58. The molecule has 33 heavy (non-hydrogen) atoms. The third-order valence-corrected chi connectivity index (χ3v) is 5.64. The van der Waals surface area contributed by atoms with E-state index in [2.05, 4.69) is 15.3 Å². The Morgan fingerprint density at radius 3 is 2.70 bits per heavy atom. The molecule has 0 fully saturated rings. The van der Waals surface area contributed by atoms with Crippen molar-refractivity contribution >= 4 is 23.3 Å². The van der Waals surface area contributed by atoms with Crippen LogP contribution in [0.15, 0.2) is 23.7 Å². The van der Waals surface area contributed by atoms with Crippen LogP contribution in [0.3, 0.4) is 0 Å². The first-order chi connectivity index (χ1) is 15.5. The number of hydrogen-bond donors (Lipinski definition) is 3. The van der Waals surface area contributed by atoms with Crippen molar-refractivity contribution in [2.24, 2.45) is 11.3 Å². The molecule has 0 spiro atoms. The van der Waals surface area contributed by atoms with Gasteiger partial charge in [-0.2, -0.15) is 0 Å². The smallest absolute Gasteiger partial charge is 0.409 e. The van der Waals surface area contributed by atoms with Crippen LogP contribution in [-0.4, -0.2) is 63.1 Å². The predicted molar refractivity (Wildman–Crippen MR) is 121 cm³/mol. The Hall–Kier alpha value is -2.63. The number of hydrogen-bond acceptors (Lipinski definition) is 8. The zero-order valence-electron chi connectivity index (χ0n) is 19.2. The van der Waals surface area contributed by atoms with Gasteiger partial charge in [-0.05, 0) is 18.1 Å². The summed E-state index contributed by atoms with van der Waals surface area (Å²) in [5.74, 6) is -0.802. The molecule has 2 rings (SSSR count). The number of nitrogens with one attached hydrogen (secondary N) is 1. The number of amides is 2. The van der Waals surface area contributed by atoms with Crippen molar-refractivity contribution in [2.45, 2.75) is 47.0 Å². The number of halogens is 1. The summed E-state index contributed by atoms with van der Waals surface area (Å²) in [6.07, 6.45) is -0.372. The van der Waals surface area contributed by atoms with E-state index in [9.17, 15) is 24.2 Å². The van der Waals surface area contributed by atoms with E-state index in [0.29, 0.717) is 11.4 Å². The summed E-state index contributed by atoms with van der Waals surface area (Å²) in [5.41, 5.74) is -0.650. The first-order valence-electron chi connectivity index (χ1n) is 10.6. The number of aromatic nitrogens is 2. The Morgan fingerprint density at radius 1 is 1.33 bits per heavy atom. The monoisotopic (exact) mass is 482 g/mol. The van der Waals surface area contributed by atoms with E-state index in [4.69, 9.17) is 4.74 Å². The molecule has 0 aliphatic rings. The lowest BCUT2D eigenvalue weighted by Gasteiger charge is -2.33. The minimum atomic E-state index is -1.61. The van der Waals surface area contributed by atoms with E-state index in [-0.39, 0.29) is 43.5 Å². The summed E-state index contributed by atoms with van der Waals surface area (Å²) in [6, 6.07) is 2.74. The molecule has 0 saturated carbocycles. The molecule has 0 bridgehead atoms. The Labute approximate surface area is 196 Å². The molecule has 0 aliphatic heterocycles. The molecule has 0 saturated heterocycles. The molecular formula is C22H31FN4O5S. The van der Waals surface area contributed by atoms with Gasteiger partial charge in [-0.3, -0.25) is 9.78 Å². The first-order valence-corrected chi connectivity index (χ1v) is 11.5. The van der Waals surface area contributed by atoms with Crippen LogP contribution in [0, 0.1) is 17.2 Å². The van der Waals surface area contributed by atoms with Crippen molar-refractivity contribution < 1.29 is 28.9 Å². The van der Waals surface area contributed by atoms with Crippen molar-refractivity contribution in [3.8, 4) is 0 Å². The lowest BCUT2D eigenvalue weighted by atomic mass is 9.92. The first kappa shape index (κ1) is 26.6. The van der Waals surface area contributed by atoms with E-state index in [1.165, 1.54) is 34.6 Å². The molecular weight excluding hydrogens is 451 g/mol. The fourth-order valence-corrected chi connectivity index (χ4v) is 3.47. The van der Waals surface area contributed by atoms with Gasteiger partial charge in [0.05, 0.1) is 23.9 Å². The third kappa shape index (κ3) is 8.34. The number of aliphatic hydroxyl groups is 2. The Kier molecular flexibility index (Phi) is 9.69. The topological polar surface area (TPSA) is 125 Å². The van der Waals surface area contributed by atoms with Gasteiger partial charge < -0.3 is 25.2 Å². The zero-order chi connectivity index (χ0) is 24.6. The number of carbonyl (C=O) groups excluding carboxylic acids is 2. The SMILES string of the molecule is CC(C)COC(=O)N(CCc1nc(C(=O)NCc2ncccc2F)cs1)CC(C)(C)C(O)O. The van der Waals surface area contributed by atoms with E-state index >= 15 is 0 Å². The van der Waals surface area contributed by atoms with E-state index < -0.39 is 29.5 Å². The minimum absolute atomic E-state index is 0.0631. The summed E-state index contributed by atoms with van der Waals surface area (Å²) in [7, 11) is 0. The van der Waals surface area contributed by atoms with E-state index in [0.717, 1.165) is 0 Å². The molecule has 9 nitrogen and oxygen atoms in total. The van der Waals surface area contributed by atoms with Crippen molar-refractivity contribution in [3.63, 3.8) is 0 Å². The average molecular weight is 483 g/mol. The van der Waals surface area contributed by atoms with Crippen LogP contribution in [-0.2, 0) is 17.7 Å². The summed E-state index contributed by atoms with van der Waals surface area (Å²) < 4.78 is 19.0. The van der Waals surface area contributed by atoms with Gasteiger partial charge in [-0.15, -0.1) is 11.3 Å². The number of aliphatic hydroxyl groups excluding tert-OH is 1. The molecule has 182 valence electrons. The summed E-state index contributed by atoms with van der Waals surface area (Å²) in [5, 5.41) is 24.0. The third-order valence-electron chi connectivity index (χ3n) is 4.73. The lowest BCUT2D eigenvalue weighted by Crippen LogP contribution is -2.45. The molecule has 2 heterocycles. The van der Waals surface area contributed by atoms with Crippen molar-refractivity contribution in [2.75, 3.05) is 19.7 Å². The quantitative estimate of drug-likeness (QED) is 0.421. The summed E-state index contributed by atoms with van der Waals surface area (Å²) in [4.78, 5) is 34.5. The van der Waals surface area contributed by atoms with Crippen LogP contribution >= 0.6 is 11.3 Å². The molecule has 2 amide bonds. The fraction of sp³-hybridized carbons (Fsp3) is 0.545. The van der Waals surface area contributed by atoms with Gasteiger partial charge in [0.2, 0.25) is 0 Å². The van der Waals surface area contributed by atoms with Crippen LogP contribution in [0.4, 0.5) is 9.18 Å². The van der Waals surface area contributed by atoms with Crippen molar-refractivity contribution in [3.05, 3.63) is 45.9 Å². The molecule has 11 heteroatoms. The number of thiazole rings is 1. The largest absolute Gasteiger partial charge is 0.449 e. The summed E-state index contributed by atoms with van der Waals surface area (Å²) in [6.45, 7) is 7.58. The van der Waals surface area contributed by atoms with Gasteiger partial charge in [-0.25, -0.2) is 14.2 Å². The van der Waals surface area contributed by atoms with Crippen LogP contribution < -0.4 is 5.32 Å². The highest BCUT2D eigenvalue weighted by molar-refractivity contribution is 7.09. The molecule has 2 aromatic heterocycles. The van der Waals surface area contributed by atoms with Crippen LogP contribution in [0.2, 0.25) is 0 Å². The normalized spacial score (nSPS) is 11.7. The lowest BCUT2D eigenvalue weighted by molar-refractivity contribution is -0.128. The second-order valence-electron chi connectivity index (χ2n) is 8.75. The number of ether oxygens (including phenoxy) is 1. The van der Waals surface area contributed by atoms with Gasteiger partial charge in [0.15, 0.2) is 6.29 Å². The molecule has 0 aromatic carbocycles. The summed E-state index contributed by atoms with van der Waals surface area (Å²) >= 11 is 1.26. The van der Waals surface area contributed by atoms with Crippen LogP contribution in [0.1, 0.15) is 48.9 Å². The second-order valence-corrected chi connectivity index (χ2v) is 9.69. The van der Waals surface area contributed by atoms with Crippen LogP contribution in [0.25, 0.3) is 0 Å². The Balaban J connectivity index is 1.98. The highest BCUT2D eigenvalue weighted by Crippen LogP contribution is 2.22. The van der Waals surface area contributed by atoms with E-state index in [1.54, 1.807) is 19.2 Å². The number of nitrogens with zero attached hydrogens (tertiary/aromatic N) is 3. The molecule has 0 atom stereocenters. The van der Waals surface area contributed by atoms with Gasteiger partial charge in [-0.1, -0.05) is 27.7 Å². The maximum absolute atomic E-state index is 13.7. The number of pyridine rings is 1. The van der Waals surface area contributed by atoms with Crippen LogP contribution in [0.5, 0.6) is 0 Å². The van der Waals surface area contributed by atoms with Gasteiger partial charge in [0, 0.05) is 36.5 Å². The Morgan fingerprint density at radius 2 is 2.06 bits per heavy atom. The van der Waals surface area contributed by atoms with Gasteiger partial charge >= 0.3 is 6.09 Å².